The van der Waals surface area contributed by atoms with E-state index in [1.807, 2.05) is 4.57 Å². The summed E-state index contributed by atoms with van der Waals surface area (Å²) in [5.41, 5.74) is 3.48. The second-order valence-corrected chi connectivity index (χ2v) is 7.78. The summed E-state index contributed by atoms with van der Waals surface area (Å²) in [6.45, 7) is 9.60. The number of fused-ring (bicyclic) bond motifs is 1. The van der Waals surface area contributed by atoms with Gasteiger partial charge in [-0.2, -0.15) is 13.2 Å². The first-order chi connectivity index (χ1) is 14.0. The lowest BCUT2D eigenvalue weighted by atomic mass is 10.2. The molecule has 0 atom stereocenters. The Balaban J connectivity index is 2.37. The summed E-state index contributed by atoms with van der Waals surface area (Å²) in [5, 5.41) is 8.57. The normalized spacial score (nSPS) is 12.8. The zero-order valence-corrected chi connectivity index (χ0v) is 17.7. The number of hydrogen-bond acceptors (Lipinski definition) is 4. The van der Waals surface area contributed by atoms with Crippen LogP contribution >= 0.6 is 0 Å². The molecule has 0 radical (unpaired) electrons. The number of aromatic nitrogens is 2. The predicted octanol–water partition coefficient (Wildman–Crippen LogP) is 4.17. The number of halogens is 3. The van der Waals surface area contributed by atoms with E-state index in [0.29, 0.717) is 42.1 Å². The standard InChI is InChI=1S/C21H29F3N4O2/c1-14(2)27(15(3)4)11-12-28-18-7-5-16(6-8-20(29)26-30)13-17(18)25-19(28)9-10-21(22,23)24/h5-8,13-15,30H,9-12H2,1-4H3,(H,26,29). The second kappa shape index (κ2) is 10.1. The Hall–Kier alpha value is -2.39. The molecule has 1 amide bonds. The van der Waals surface area contributed by atoms with Crippen LogP contribution in [-0.2, 0) is 17.8 Å². The number of carbonyl (C=O) groups is 1. The molecular weight excluding hydrogens is 397 g/mol. The maximum atomic E-state index is 12.8. The molecular formula is C21H29F3N4O2. The number of aryl methyl sites for hydroxylation is 1. The van der Waals surface area contributed by atoms with Crippen molar-refractivity contribution < 1.29 is 23.2 Å². The summed E-state index contributed by atoms with van der Waals surface area (Å²) in [4.78, 5) is 17.9. The number of alkyl halides is 3. The number of carbonyl (C=O) groups excluding carboxylic acids is 1. The molecule has 0 unspecified atom stereocenters. The van der Waals surface area contributed by atoms with Crippen LogP contribution in [-0.4, -0.2) is 50.4 Å². The molecule has 166 valence electrons. The third kappa shape index (κ3) is 6.56. The van der Waals surface area contributed by atoms with Crippen LogP contribution in [0.3, 0.4) is 0 Å². The molecule has 2 rings (SSSR count). The SMILES string of the molecule is CC(C)N(CCn1c(CCC(F)(F)F)nc2cc(C=CC(=O)NO)ccc21)C(C)C. The molecule has 0 bridgehead atoms. The molecule has 30 heavy (non-hydrogen) atoms. The van der Waals surface area contributed by atoms with Gasteiger partial charge in [0.25, 0.3) is 5.91 Å². The molecule has 0 spiro atoms. The molecule has 0 saturated carbocycles. The van der Waals surface area contributed by atoms with Crippen molar-refractivity contribution in [1.82, 2.24) is 19.9 Å². The number of nitrogens with zero attached hydrogens (tertiary/aromatic N) is 3. The highest BCUT2D eigenvalue weighted by Crippen LogP contribution is 2.25. The third-order valence-electron chi connectivity index (χ3n) is 4.93. The molecule has 1 aromatic heterocycles. The quantitative estimate of drug-likeness (QED) is 0.359. The lowest BCUT2D eigenvalue weighted by Gasteiger charge is -2.30. The second-order valence-electron chi connectivity index (χ2n) is 7.78. The van der Waals surface area contributed by atoms with E-state index in [4.69, 9.17) is 5.21 Å². The number of rotatable bonds is 9. The van der Waals surface area contributed by atoms with E-state index in [1.54, 1.807) is 18.2 Å². The number of benzene rings is 1. The highest BCUT2D eigenvalue weighted by Gasteiger charge is 2.28. The maximum absolute atomic E-state index is 12.8. The van der Waals surface area contributed by atoms with Crippen LogP contribution < -0.4 is 5.48 Å². The van der Waals surface area contributed by atoms with Gasteiger partial charge >= 0.3 is 6.18 Å². The number of imidazole rings is 1. The van der Waals surface area contributed by atoms with Gasteiger partial charge in [0, 0.05) is 37.7 Å². The van der Waals surface area contributed by atoms with Crippen LogP contribution in [0.15, 0.2) is 24.3 Å². The van der Waals surface area contributed by atoms with E-state index < -0.39 is 18.5 Å². The van der Waals surface area contributed by atoms with Gasteiger partial charge in [-0.25, -0.2) is 10.5 Å². The van der Waals surface area contributed by atoms with E-state index in [0.717, 1.165) is 11.6 Å². The molecule has 0 fully saturated rings. The molecule has 1 heterocycles. The van der Waals surface area contributed by atoms with Crippen LogP contribution in [0.5, 0.6) is 0 Å². The Morgan fingerprint density at radius 3 is 2.50 bits per heavy atom. The summed E-state index contributed by atoms with van der Waals surface area (Å²) in [5.74, 6) is -0.280. The van der Waals surface area contributed by atoms with Crippen molar-refractivity contribution in [3.63, 3.8) is 0 Å². The van der Waals surface area contributed by atoms with Crippen molar-refractivity contribution in [2.45, 2.75) is 65.3 Å². The highest BCUT2D eigenvalue weighted by atomic mass is 19.4. The molecule has 1 aromatic carbocycles. The van der Waals surface area contributed by atoms with Gasteiger partial charge in [-0.3, -0.25) is 14.9 Å². The fourth-order valence-corrected chi connectivity index (χ4v) is 3.53. The number of amides is 1. The molecule has 0 saturated heterocycles. The van der Waals surface area contributed by atoms with Gasteiger partial charge < -0.3 is 4.57 Å². The maximum Gasteiger partial charge on any atom is 0.389 e. The minimum atomic E-state index is -4.25. The summed E-state index contributed by atoms with van der Waals surface area (Å²) >= 11 is 0. The van der Waals surface area contributed by atoms with E-state index in [1.165, 1.54) is 11.6 Å². The van der Waals surface area contributed by atoms with Crippen LogP contribution in [0.1, 0.15) is 45.5 Å². The van der Waals surface area contributed by atoms with E-state index in [9.17, 15) is 18.0 Å². The van der Waals surface area contributed by atoms with Gasteiger partial charge in [0.2, 0.25) is 0 Å². The van der Waals surface area contributed by atoms with Crippen LogP contribution in [0.2, 0.25) is 0 Å². The molecule has 9 heteroatoms. The Morgan fingerprint density at radius 1 is 1.27 bits per heavy atom. The molecule has 6 nitrogen and oxygen atoms in total. The summed E-state index contributed by atoms with van der Waals surface area (Å²) in [6, 6.07) is 5.90. The smallest absolute Gasteiger partial charge is 0.327 e. The Labute approximate surface area is 174 Å². The number of nitrogens with one attached hydrogen (secondary N) is 1. The molecule has 0 aliphatic carbocycles. The van der Waals surface area contributed by atoms with Gasteiger partial charge in [-0.05, 0) is 51.5 Å². The van der Waals surface area contributed by atoms with Crippen LogP contribution in [0.25, 0.3) is 17.1 Å². The highest BCUT2D eigenvalue weighted by molar-refractivity contribution is 5.91. The molecule has 0 aliphatic heterocycles. The van der Waals surface area contributed by atoms with E-state index in [-0.39, 0.29) is 6.42 Å². The molecule has 0 aliphatic rings. The van der Waals surface area contributed by atoms with Gasteiger partial charge in [0.15, 0.2) is 0 Å². The minimum Gasteiger partial charge on any atom is -0.327 e. The lowest BCUT2D eigenvalue weighted by Crippen LogP contribution is -2.39. The van der Waals surface area contributed by atoms with Crippen LogP contribution in [0, 0.1) is 0 Å². The zero-order valence-electron chi connectivity index (χ0n) is 17.7. The third-order valence-corrected chi connectivity index (χ3v) is 4.93. The fourth-order valence-electron chi connectivity index (χ4n) is 3.53. The first kappa shape index (κ1) is 23.9. The van der Waals surface area contributed by atoms with Gasteiger partial charge in [-0.15, -0.1) is 0 Å². The van der Waals surface area contributed by atoms with Crippen molar-refractivity contribution in [2.75, 3.05) is 6.54 Å². The van der Waals surface area contributed by atoms with Gasteiger partial charge in [-0.1, -0.05) is 6.07 Å². The Bertz CT molecular complexity index is 880. The summed E-state index contributed by atoms with van der Waals surface area (Å²) in [7, 11) is 0. The lowest BCUT2D eigenvalue weighted by molar-refractivity contribution is -0.134. The zero-order chi connectivity index (χ0) is 22.5. The van der Waals surface area contributed by atoms with E-state index in [2.05, 4.69) is 37.6 Å². The first-order valence-electron chi connectivity index (χ1n) is 9.95. The first-order valence-corrected chi connectivity index (χ1v) is 9.95. The summed E-state index contributed by atoms with van der Waals surface area (Å²) in [6.07, 6.45) is -2.72. The van der Waals surface area contributed by atoms with Crippen LogP contribution in [0.4, 0.5) is 13.2 Å². The van der Waals surface area contributed by atoms with Crippen molar-refractivity contribution >= 4 is 23.0 Å². The number of hydrogen-bond donors (Lipinski definition) is 2. The fraction of sp³-hybridized carbons (Fsp3) is 0.524. The topological polar surface area (TPSA) is 70.4 Å². The monoisotopic (exact) mass is 426 g/mol. The van der Waals surface area contributed by atoms with E-state index >= 15 is 0 Å². The minimum absolute atomic E-state index is 0.195. The van der Waals surface area contributed by atoms with Gasteiger partial charge in [0.1, 0.15) is 5.82 Å². The van der Waals surface area contributed by atoms with Crippen molar-refractivity contribution in [3.05, 3.63) is 35.7 Å². The van der Waals surface area contributed by atoms with Crippen molar-refractivity contribution in [1.29, 1.82) is 0 Å². The summed E-state index contributed by atoms with van der Waals surface area (Å²) < 4.78 is 40.3. The molecule has 2 aromatic rings. The van der Waals surface area contributed by atoms with Crippen molar-refractivity contribution in [2.24, 2.45) is 0 Å². The average Bonchev–Trinajstić information content (AvgIpc) is 3.00. The number of hydroxylamine groups is 1. The molecule has 2 N–H and O–H groups in total. The Morgan fingerprint density at radius 2 is 1.93 bits per heavy atom. The Kier molecular flexibility index (Phi) is 8.03. The average molecular weight is 426 g/mol. The predicted molar refractivity (Wildman–Crippen MR) is 110 cm³/mol. The van der Waals surface area contributed by atoms with Crippen molar-refractivity contribution in [3.8, 4) is 0 Å². The largest absolute Gasteiger partial charge is 0.389 e. The van der Waals surface area contributed by atoms with Gasteiger partial charge in [0.05, 0.1) is 17.5 Å².